The van der Waals surface area contributed by atoms with Crippen molar-refractivity contribution < 1.29 is 0 Å². The molecule has 1 heterocycles. The fourth-order valence-electron chi connectivity index (χ4n) is 5.29. The van der Waals surface area contributed by atoms with Gasteiger partial charge in [0.1, 0.15) is 0 Å². The number of aryl methyl sites for hydroxylation is 6. The van der Waals surface area contributed by atoms with Crippen molar-refractivity contribution in [2.75, 3.05) is 28.7 Å². The van der Waals surface area contributed by atoms with E-state index < -0.39 is 8.96 Å². The molecular formula is C27H33N2Si. The van der Waals surface area contributed by atoms with E-state index >= 15 is 0 Å². The first-order valence-electron chi connectivity index (χ1n) is 10.9. The van der Waals surface area contributed by atoms with Crippen LogP contribution < -0.4 is 14.7 Å². The number of anilines is 2. The Labute approximate surface area is 183 Å². The van der Waals surface area contributed by atoms with E-state index in [0.717, 1.165) is 19.3 Å². The fourth-order valence-corrected chi connectivity index (χ4v) is 8.20. The molecule has 0 spiro atoms. The van der Waals surface area contributed by atoms with Gasteiger partial charge in [-0.1, -0.05) is 65.7 Å². The second-order valence-corrected chi connectivity index (χ2v) is 11.2. The van der Waals surface area contributed by atoms with Gasteiger partial charge in [-0.15, -0.1) is 0 Å². The fraction of sp³-hybridized carbons (Fsp3) is 0.333. The third kappa shape index (κ3) is 3.91. The van der Waals surface area contributed by atoms with E-state index in [1.165, 1.54) is 49.9 Å². The molecule has 30 heavy (non-hydrogen) atoms. The van der Waals surface area contributed by atoms with Crippen molar-refractivity contribution in [2.24, 2.45) is 0 Å². The lowest BCUT2D eigenvalue weighted by Gasteiger charge is -2.44. The molecule has 155 valence electrons. The molecule has 1 aliphatic rings. The summed E-state index contributed by atoms with van der Waals surface area (Å²) in [5.41, 5.74) is 11.2. The SMILES string of the molecule is Cc1cc(C)c(N2CCN(c3c(C)cc(C)cc3C)[Si](c3ccccc3)C2)c(C)c1. The molecule has 0 N–H and O–H groups in total. The molecule has 3 aromatic carbocycles. The highest BCUT2D eigenvalue weighted by atomic mass is 28.3. The summed E-state index contributed by atoms with van der Waals surface area (Å²) < 4.78 is 2.75. The van der Waals surface area contributed by atoms with Gasteiger partial charge in [0.05, 0.1) is 0 Å². The van der Waals surface area contributed by atoms with E-state index in [9.17, 15) is 0 Å². The van der Waals surface area contributed by atoms with Crippen LogP contribution in [0.4, 0.5) is 11.4 Å². The van der Waals surface area contributed by atoms with E-state index in [-0.39, 0.29) is 0 Å². The highest BCUT2D eigenvalue weighted by Crippen LogP contribution is 2.32. The van der Waals surface area contributed by atoms with Crippen molar-refractivity contribution in [1.82, 2.24) is 0 Å². The highest BCUT2D eigenvalue weighted by Gasteiger charge is 2.33. The van der Waals surface area contributed by atoms with Crippen molar-refractivity contribution in [3.63, 3.8) is 0 Å². The lowest BCUT2D eigenvalue weighted by atomic mass is 10.0. The molecule has 4 rings (SSSR count). The lowest BCUT2D eigenvalue weighted by Crippen LogP contribution is -2.62. The predicted octanol–water partition coefficient (Wildman–Crippen LogP) is 5.30. The van der Waals surface area contributed by atoms with Crippen LogP contribution in [0.15, 0.2) is 54.6 Å². The predicted molar refractivity (Wildman–Crippen MR) is 133 cm³/mol. The summed E-state index contributed by atoms with van der Waals surface area (Å²) in [6.07, 6.45) is 1.10. The van der Waals surface area contributed by atoms with Crippen molar-refractivity contribution in [2.45, 2.75) is 41.5 Å². The average Bonchev–Trinajstić information content (AvgIpc) is 2.68. The number of hydrogen-bond donors (Lipinski definition) is 0. The normalized spacial score (nSPS) is 15.0. The maximum Gasteiger partial charge on any atom is 0.226 e. The molecule has 1 radical (unpaired) electrons. The number of benzene rings is 3. The van der Waals surface area contributed by atoms with Gasteiger partial charge in [0, 0.05) is 30.6 Å². The first-order chi connectivity index (χ1) is 14.3. The Morgan fingerprint density at radius 3 is 1.67 bits per heavy atom. The summed E-state index contributed by atoms with van der Waals surface area (Å²) in [7, 11) is -0.952. The Hall–Kier alpha value is -2.52. The zero-order valence-electron chi connectivity index (χ0n) is 19.2. The second kappa shape index (κ2) is 8.31. The molecule has 3 aromatic rings. The molecule has 0 atom stereocenters. The minimum atomic E-state index is -0.952. The summed E-state index contributed by atoms with van der Waals surface area (Å²) in [5, 5.41) is 1.49. The van der Waals surface area contributed by atoms with E-state index in [4.69, 9.17) is 0 Å². The maximum atomic E-state index is 2.75. The van der Waals surface area contributed by atoms with Crippen molar-refractivity contribution >= 4 is 25.5 Å². The van der Waals surface area contributed by atoms with Gasteiger partial charge < -0.3 is 9.47 Å². The first-order valence-corrected chi connectivity index (χ1v) is 12.6. The average molecular weight is 414 g/mol. The van der Waals surface area contributed by atoms with Gasteiger partial charge in [-0.2, -0.15) is 0 Å². The number of nitrogens with zero attached hydrogens (tertiary/aromatic N) is 2. The maximum absolute atomic E-state index is 2.75. The summed E-state index contributed by atoms with van der Waals surface area (Å²) >= 11 is 0. The van der Waals surface area contributed by atoms with Gasteiger partial charge in [-0.3, -0.25) is 0 Å². The second-order valence-electron chi connectivity index (χ2n) is 8.88. The largest absolute Gasteiger partial charge is 0.390 e. The molecule has 3 heteroatoms. The van der Waals surface area contributed by atoms with Crippen LogP contribution in [0.1, 0.15) is 33.4 Å². The zero-order chi connectivity index (χ0) is 21.4. The van der Waals surface area contributed by atoms with Crippen LogP contribution in [0.3, 0.4) is 0 Å². The molecule has 0 unspecified atom stereocenters. The summed E-state index contributed by atoms with van der Waals surface area (Å²) in [6.45, 7) is 15.6. The summed E-state index contributed by atoms with van der Waals surface area (Å²) in [5.74, 6) is 0. The van der Waals surface area contributed by atoms with Crippen LogP contribution in [0.2, 0.25) is 0 Å². The minimum Gasteiger partial charge on any atom is -0.390 e. The third-order valence-corrected chi connectivity index (χ3v) is 9.00. The molecule has 0 saturated carbocycles. The minimum absolute atomic E-state index is 0.952. The Bertz CT molecular complexity index is 1010. The van der Waals surface area contributed by atoms with E-state index in [1.807, 2.05) is 0 Å². The van der Waals surface area contributed by atoms with E-state index in [2.05, 4.69) is 106 Å². The van der Waals surface area contributed by atoms with Crippen molar-refractivity contribution in [3.05, 3.63) is 88.0 Å². The number of hydrogen-bond acceptors (Lipinski definition) is 2. The lowest BCUT2D eigenvalue weighted by molar-refractivity contribution is 0.804. The summed E-state index contributed by atoms with van der Waals surface area (Å²) in [4.78, 5) is 2.65. The monoisotopic (exact) mass is 413 g/mol. The topological polar surface area (TPSA) is 6.48 Å². The van der Waals surface area contributed by atoms with E-state index in [0.29, 0.717) is 0 Å². The Kier molecular flexibility index (Phi) is 5.74. The van der Waals surface area contributed by atoms with Crippen molar-refractivity contribution in [1.29, 1.82) is 0 Å². The smallest absolute Gasteiger partial charge is 0.226 e. The van der Waals surface area contributed by atoms with Crippen LogP contribution in [0, 0.1) is 41.5 Å². The van der Waals surface area contributed by atoms with Gasteiger partial charge in [0.15, 0.2) is 0 Å². The Morgan fingerprint density at radius 1 is 0.633 bits per heavy atom. The summed E-state index contributed by atoms with van der Waals surface area (Å²) in [6, 6.07) is 20.5. The molecule has 0 aliphatic carbocycles. The van der Waals surface area contributed by atoms with Crippen LogP contribution in [-0.4, -0.2) is 28.2 Å². The molecule has 1 fully saturated rings. The standard InChI is InChI=1S/C27H33N2Si/c1-19-14-21(3)26(22(4)15-19)28-12-13-29(27-23(5)16-20(2)17-24(27)6)30(18-28)25-10-8-7-9-11-25/h7-11,14-17H,12-13,18H2,1-6H3. The Balaban J connectivity index is 1.77. The van der Waals surface area contributed by atoms with E-state index in [1.54, 1.807) is 0 Å². The number of rotatable bonds is 3. The molecular weight excluding hydrogens is 380 g/mol. The highest BCUT2D eigenvalue weighted by molar-refractivity contribution is 6.77. The molecule has 1 aliphatic heterocycles. The molecule has 0 aromatic heterocycles. The molecule has 0 bridgehead atoms. The van der Waals surface area contributed by atoms with Crippen LogP contribution in [0.25, 0.3) is 0 Å². The van der Waals surface area contributed by atoms with Crippen LogP contribution in [0.5, 0.6) is 0 Å². The van der Waals surface area contributed by atoms with Gasteiger partial charge in [-0.25, -0.2) is 0 Å². The molecule has 1 saturated heterocycles. The quantitative estimate of drug-likeness (QED) is 0.538. The van der Waals surface area contributed by atoms with Gasteiger partial charge in [-0.05, 0) is 69.0 Å². The van der Waals surface area contributed by atoms with Gasteiger partial charge >= 0.3 is 0 Å². The van der Waals surface area contributed by atoms with Crippen LogP contribution >= 0.6 is 0 Å². The van der Waals surface area contributed by atoms with Gasteiger partial charge in [0.25, 0.3) is 0 Å². The van der Waals surface area contributed by atoms with Crippen LogP contribution in [-0.2, 0) is 0 Å². The molecule has 2 nitrogen and oxygen atoms in total. The zero-order valence-corrected chi connectivity index (χ0v) is 20.2. The third-order valence-electron chi connectivity index (χ3n) is 6.22. The molecule has 0 amide bonds. The van der Waals surface area contributed by atoms with Gasteiger partial charge in [0.2, 0.25) is 8.96 Å². The van der Waals surface area contributed by atoms with Crippen molar-refractivity contribution in [3.8, 4) is 0 Å². The Morgan fingerprint density at radius 2 is 1.13 bits per heavy atom. The first kappa shape index (κ1) is 20.7.